The Morgan fingerprint density at radius 1 is 1.33 bits per heavy atom. The Morgan fingerprint density at radius 2 is 2.00 bits per heavy atom. The van der Waals surface area contributed by atoms with Gasteiger partial charge in [-0.25, -0.2) is 8.42 Å². The Morgan fingerprint density at radius 3 is 2.52 bits per heavy atom. The summed E-state index contributed by atoms with van der Waals surface area (Å²) in [6, 6.07) is 9.19. The number of hydrogen-bond acceptors (Lipinski definition) is 3. The second-order valence-electron chi connectivity index (χ2n) is 4.70. The Balaban J connectivity index is 2.26. The van der Waals surface area contributed by atoms with Gasteiger partial charge in [0.1, 0.15) is 5.15 Å². The standard InChI is InChI=1S/C13H15BrClN3O2S/c1-17-13(15)7-11(16-17)9-18(21(2,19)20)8-10-5-3-4-6-12(10)14/h3-7H,8-9H2,1-2H3. The van der Waals surface area contributed by atoms with E-state index >= 15 is 0 Å². The Kier molecular flexibility index (Phi) is 5.08. The molecular formula is C13H15BrClN3O2S. The molecule has 0 radical (unpaired) electrons. The van der Waals surface area contributed by atoms with Crippen LogP contribution in [0.15, 0.2) is 34.8 Å². The molecule has 1 aromatic carbocycles. The van der Waals surface area contributed by atoms with Crippen molar-refractivity contribution in [2.75, 3.05) is 6.26 Å². The van der Waals surface area contributed by atoms with Crippen LogP contribution < -0.4 is 0 Å². The topological polar surface area (TPSA) is 55.2 Å². The summed E-state index contributed by atoms with van der Waals surface area (Å²) in [7, 11) is -1.65. The summed E-state index contributed by atoms with van der Waals surface area (Å²) < 4.78 is 27.7. The third kappa shape index (κ3) is 4.29. The number of aryl methyl sites for hydroxylation is 1. The molecule has 0 unspecified atom stereocenters. The summed E-state index contributed by atoms with van der Waals surface area (Å²) in [6.45, 7) is 0.454. The number of aromatic nitrogens is 2. The van der Waals surface area contributed by atoms with E-state index < -0.39 is 10.0 Å². The van der Waals surface area contributed by atoms with Crippen LogP contribution in [0, 0.1) is 0 Å². The van der Waals surface area contributed by atoms with Gasteiger partial charge in [0.25, 0.3) is 0 Å². The molecule has 0 saturated carbocycles. The van der Waals surface area contributed by atoms with Gasteiger partial charge in [0, 0.05) is 18.1 Å². The van der Waals surface area contributed by atoms with E-state index in [0.717, 1.165) is 10.0 Å². The lowest BCUT2D eigenvalue weighted by molar-refractivity contribution is 0.398. The maximum Gasteiger partial charge on any atom is 0.211 e. The van der Waals surface area contributed by atoms with Crippen molar-refractivity contribution in [3.8, 4) is 0 Å². The van der Waals surface area contributed by atoms with Crippen molar-refractivity contribution >= 4 is 37.6 Å². The quantitative estimate of drug-likeness (QED) is 0.786. The minimum atomic E-state index is -3.36. The highest BCUT2D eigenvalue weighted by Crippen LogP contribution is 2.21. The van der Waals surface area contributed by atoms with Crippen molar-refractivity contribution in [3.05, 3.63) is 51.2 Å². The molecule has 0 bridgehead atoms. The number of benzene rings is 1. The van der Waals surface area contributed by atoms with Gasteiger partial charge in [-0.3, -0.25) is 4.68 Å². The van der Waals surface area contributed by atoms with Gasteiger partial charge >= 0.3 is 0 Å². The second-order valence-corrected chi connectivity index (χ2v) is 7.93. The van der Waals surface area contributed by atoms with Gasteiger partial charge in [-0.05, 0) is 17.7 Å². The fourth-order valence-corrected chi connectivity index (χ4v) is 3.18. The van der Waals surface area contributed by atoms with Crippen molar-refractivity contribution < 1.29 is 8.42 Å². The predicted octanol–water partition coefficient (Wildman–Crippen LogP) is 2.80. The molecular weight excluding hydrogens is 378 g/mol. The molecule has 2 rings (SSSR count). The number of halogens is 2. The van der Waals surface area contributed by atoms with Crippen LogP contribution in [-0.2, 0) is 30.2 Å². The normalized spacial score (nSPS) is 12.0. The van der Waals surface area contributed by atoms with Crippen LogP contribution in [0.5, 0.6) is 0 Å². The van der Waals surface area contributed by atoms with Crippen LogP contribution in [-0.4, -0.2) is 28.8 Å². The van der Waals surface area contributed by atoms with Crippen LogP contribution in [0.2, 0.25) is 5.15 Å². The zero-order valence-electron chi connectivity index (χ0n) is 11.6. The van der Waals surface area contributed by atoms with Gasteiger partial charge in [-0.2, -0.15) is 9.40 Å². The molecule has 0 saturated heterocycles. The predicted molar refractivity (Wildman–Crippen MR) is 86.5 cm³/mol. The van der Waals surface area contributed by atoms with Gasteiger partial charge < -0.3 is 0 Å². The average Bonchev–Trinajstić information content (AvgIpc) is 2.69. The molecule has 0 aliphatic heterocycles. The summed E-state index contributed by atoms with van der Waals surface area (Å²) >= 11 is 9.37. The van der Waals surface area contributed by atoms with Gasteiger partial charge in [0.15, 0.2) is 0 Å². The molecule has 1 heterocycles. The van der Waals surface area contributed by atoms with E-state index in [-0.39, 0.29) is 13.1 Å². The Bertz CT molecular complexity index is 726. The van der Waals surface area contributed by atoms with E-state index in [1.165, 1.54) is 15.2 Å². The van der Waals surface area contributed by atoms with E-state index in [9.17, 15) is 8.42 Å². The number of nitrogens with zero attached hydrogens (tertiary/aromatic N) is 3. The van der Waals surface area contributed by atoms with E-state index in [0.29, 0.717) is 10.8 Å². The second kappa shape index (κ2) is 6.48. The number of sulfonamides is 1. The number of rotatable bonds is 5. The van der Waals surface area contributed by atoms with Crippen LogP contribution in [0.3, 0.4) is 0 Å². The van der Waals surface area contributed by atoms with Crippen LogP contribution in [0.4, 0.5) is 0 Å². The van der Waals surface area contributed by atoms with Crippen molar-refractivity contribution in [2.45, 2.75) is 13.1 Å². The highest BCUT2D eigenvalue weighted by molar-refractivity contribution is 9.10. The van der Waals surface area contributed by atoms with Gasteiger partial charge in [-0.15, -0.1) is 0 Å². The van der Waals surface area contributed by atoms with Crippen molar-refractivity contribution in [1.82, 2.24) is 14.1 Å². The molecule has 0 aliphatic carbocycles. The molecule has 0 N–H and O–H groups in total. The Hall–Kier alpha value is -0.890. The minimum Gasteiger partial charge on any atom is -0.257 e. The van der Waals surface area contributed by atoms with E-state index in [1.54, 1.807) is 13.1 Å². The first-order valence-corrected chi connectivity index (χ1v) is 9.16. The maximum atomic E-state index is 12.0. The fraction of sp³-hybridized carbons (Fsp3) is 0.308. The molecule has 0 atom stereocenters. The maximum absolute atomic E-state index is 12.0. The molecule has 21 heavy (non-hydrogen) atoms. The zero-order chi connectivity index (χ0) is 15.6. The minimum absolute atomic E-state index is 0.181. The monoisotopic (exact) mass is 391 g/mol. The summed E-state index contributed by atoms with van der Waals surface area (Å²) in [5.74, 6) is 0. The highest BCUT2D eigenvalue weighted by Gasteiger charge is 2.20. The molecule has 114 valence electrons. The summed E-state index contributed by atoms with van der Waals surface area (Å²) in [5.41, 5.74) is 1.50. The molecule has 0 fully saturated rings. The lowest BCUT2D eigenvalue weighted by atomic mass is 10.2. The first kappa shape index (κ1) is 16.5. The summed E-state index contributed by atoms with van der Waals surface area (Å²) in [4.78, 5) is 0. The third-order valence-electron chi connectivity index (χ3n) is 2.99. The Labute approximate surface area is 137 Å². The molecule has 0 aliphatic rings. The molecule has 5 nitrogen and oxygen atoms in total. The SMILES string of the molecule is Cn1nc(CN(Cc2ccccc2Br)S(C)(=O)=O)cc1Cl. The van der Waals surface area contributed by atoms with Crippen molar-refractivity contribution in [3.63, 3.8) is 0 Å². The van der Waals surface area contributed by atoms with E-state index in [1.807, 2.05) is 24.3 Å². The van der Waals surface area contributed by atoms with E-state index in [4.69, 9.17) is 11.6 Å². The molecule has 0 spiro atoms. The van der Waals surface area contributed by atoms with Gasteiger partial charge in [0.2, 0.25) is 10.0 Å². The molecule has 8 heteroatoms. The average molecular weight is 393 g/mol. The van der Waals surface area contributed by atoms with Gasteiger partial charge in [0.05, 0.1) is 18.5 Å². The fourth-order valence-electron chi connectivity index (χ4n) is 1.87. The highest BCUT2D eigenvalue weighted by atomic mass is 79.9. The van der Waals surface area contributed by atoms with E-state index in [2.05, 4.69) is 21.0 Å². The van der Waals surface area contributed by atoms with Crippen LogP contribution in [0.25, 0.3) is 0 Å². The molecule has 2 aromatic rings. The largest absolute Gasteiger partial charge is 0.257 e. The van der Waals surface area contributed by atoms with Gasteiger partial charge in [-0.1, -0.05) is 45.7 Å². The smallest absolute Gasteiger partial charge is 0.211 e. The van der Waals surface area contributed by atoms with Crippen LogP contribution >= 0.6 is 27.5 Å². The summed E-state index contributed by atoms with van der Waals surface area (Å²) in [6.07, 6.45) is 1.19. The van der Waals surface area contributed by atoms with Crippen LogP contribution in [0.1, 0.15) is 11.3 Å². The summed E-state index contributed by atoms with van der Waals surface area (Å²) in [5, 5.41) is 4.67. The lowest BCUT2D eigenvalue weighted by Gasteiger charge is -2.19. The third-order valence-corrected chi connectivity index (χ3v) is 5.31. The lowest BCUT2D eigenvalue weighted by Crippen LogP contribution is -2.29. The zero-order valence-corrected chi connectivity index (χ0v) is 14.8. The first-order valence-electron chi connectivity index (χ1n) is 6.14. The molecule has 0 amide bonds. The van der Waals surface area contributed by atoms with Crippen molar-refractivity contribution in [2.24, 2.45) is 7.05 Å². The van der Waals surface area contributed by atoms with Crippen molar-refractivity contribution in [1.29, 1.82) is 0 Å². The first-order chi connectivity index (χ1) is 9.77. The molecule has 1 aromatic heterocycles. The number of hydrogen-bond donors (Lipinski definition) is 0.